The zero-order chi connectivity index (χ0) is 14.6. The number of rotatable bonds is 5. The minimum absolute atomic E-state index is 0.116. The van der Waals surface area contributed by atoms with Crippen molar-refractivity contribution >= 4 is 31.9 Å². The van der Waals surface area contributed by atoms with E-state index in [-0.39, 0.29) is 11.6 Å². The molecule has 19 heavy (non-hydrogen) atoms. The Morgan fingerprint density at radius 2 is 1.74 bits per heavy atom. The van der Waals surface area contributed by atoms with Crippen LogP contribution in [0.1, 0.15) is 46.6 Å². The number of hydrogen-bond donors (Lipinski definition) is 1. The lowest BCUT2D eigenvalue weighted by Crippen LogP contribution is -2.35. The van der Waals surface area contributed by atoms with Crippen LogP contribution < -0.4 is 10.1 Å². The molecule has 0 amide bonds. The van der Waals surface area contributed by atoms with Crippen molar-refractivity contribution < 1.29 is 4.74 Å². The average Bonchev–Trinajstić information content (AvgIpc) is 2.30. The summed E-state index contributed by atoms with van der Waals surface area (Å²) in [6, 6.07) is 4.22. The summed E-state index contributed by atoms with van der Waals surface area (Å²) in [4.78, 5) is 0. The van der Waals surface area contributed by atoms with Crippen molar-refractivity contribution in [3.05, 3.63) is 26.6 Å². The molecule has 1 unspecified atom stereocenters. The summed E-state index contributed by atoms with van der Waals surface area (Å²) in [6.07, 6.45) is 1.21. The first-order valence-electron chi connectivity index (χ1n) is 6.62. The molecular formula is C15H23Br2NO. The Kier molecular flexibility index (Phi) is 6.34. The quantitative estimate of drug-likeness (QED) is 0.736. The summed E-state index contributed by atoms with van der Waals surface area (Å²) >= 11 is 7.19. The van der Waals surface area contributed by atoms with Crippen LogP contribution in [-0.4, -0.2) is 11.6 Å². The summed E-state index contributed by atoms with van der Waals surface area (Å²) in [7, 11) is 0. The van der Waals surface area contributed by atoms with Crippen LogP contribution in [0.15, 0.2) is 21.1 Å². The van der Waals surface area contributed by atoms with E-state index in [1.54, 1.807) is 0 Å². The molecule has 0 bridgehead atoms. The van der Waals surface area contributed by atoms with Crippen LogP contribution in [0.4, 0.5) is 0 Å². The number of halogens is 2. The fourth-order valence-corrected chi connectivity index (χ4v) is 2.95. The van der Waals surface area contributed by atoms with Gasteiger partial charge in [0, 0.05) is 12.1 Å². The lowest BCUT2D eigenvalue weighted by atomic mass is 10.1. The van der Waals surface area contributed by atoms with Crippen LogP contribution in [0.3, 0.4) is 0 Å². The second-order valence-electron chi connectivity index (χ2n) is 5.83. The highest BCUT2D eigenvalue weighted by atomic mass is 79.9. The molecule has 0 radical (unpaired) electrons. The van der Waals surface area contributed by atoms with E-state index in [4.69, 9.17) is 4.74 Å². The molecule has 0 aliphatic heterocycles. The zero-order valence-electron chi connectivity index (χ0n) is 12.3. The molecule has 4 heteroatoms. The highest BCUT2D eigenvalue weighted by Crippen LogP contribution is 2.35. The Morgan fingerprint density at radius 1 is 1.21 bits per heavy atom. The van der Waals surface area contributed by atoms with Gasteiger partial charge in [-0.3, -0.25) is 0 Å². The minimum Gasteiger partial charge on any atom is -0.488 e. The molecule has 0 aliphatic carbocycles. The van der Waals surface area contributed by atoms with Gasteiger partial charge in [-0.25, -0.2) is 0 Å². The predicted octanol–water partition coefficient (Wildman–Crippen LogP) is 5.28. The summed E-state index contributed by atoms with van der Waals surface area (Å²) in [5.41, 5.74) is 1.34. The number of hydrogen-bond acceptors (Lipinski definition) is 2. The van der Waals surface area contributed by atoms with E-state index in [0.717, 1.165) is 27.7 Å². The van der Waals surface area contributed by atoms with Crippen LogP contribution in [-0.2, 0) is 6.54 Å². The molecule has 1 rings (SSSR count). The third kappa shape index (κ3) is 5.84. The van der Waals surface area contributed by atoms with E-state index in [2.05, 4.69) is 83.9 Å². The second-order valence-corrected chi connectivity index (χ2v) is 7.54. The monoisotopic (exact) mass is 391 g/mol. The Hall–Kier alpha value is -0.0600. The normalized spacial score (nSPS) is 13.4. The Morgan fingerprint density at radius 3 is 2.16 bits per heavy atom. The summed E-state index contributed by atoms with van der Waals surface area (Å²) in [5, 5.41) is 3.48. The van der Waals surface area contributed by atoms with Crippen molar-refractivity contribution in [1.82, 2.24) is 5.32 Å². The van der Waals surface area contributed by atoms with E-state index in [1.165, 1.54) is 5.56 Å². The third-order valence-electron chi connectivity index (χ3n) is 2.77. The molecule has 108 valence electrons. The number of ether oxygens (including phenoxy) is 1. The van der Waals surface area contributed by atoms with E-state index in [1.807, 2.05) is 0 Å². The van der Waals surface area contributed by atoms with E-state index in [9.17, 15) is 0 Å². The standard InChI is InChI=1S/C15H23Br2NO/c1-6-10(2)19-14-12(16)7-11(8-13(14)17)9-18-15(3,4)5/h7-8,10,18H,6,9H2,1-5H3. The fourth-order valence-electron chi connectivity index (χ4n) is 1.48. The Bertz CT molecular complexity index is 404. The van der Waals surface area contributed by atoms with Crippen molar-refractivity contribution in [3.8, 4) is 5.75 Å². The topological polar surface area (TPSA) is 21.3 Å². The highest BCUT2D eigenvalue weighted by molar-refractivity contribution is 9.11. The predicted molar refractivity (Wildman–Crippen MR) is 88.8 cm³/mol. The molecule has 1 aromatic rings. The van der Waals surface area contributed by atoms with Crippen LogP contribution in [0.5, 0.6) is 5.75 Å². The smallest absolute Gasteiger partial charge is 0.148 e. The molecular weight excluding hydrogens is 370 g/mol. The molecule has 0 heterocycles. The van der Waals surface area contributed by atoms with Gasteiger partial charge in [0.05, 0.1) is 15.0 Å². The largest absolute Gasteiger partial charge is 0.488 e. The van der Waals surface area contributed by atoms with Crippen molar-refractivity contribution in [2.24, 2.45) is 0 Å². The average molecular weight is 393 g/mol. The molecule has 1 N–H and O–H groups in total. The molecule has 2 nitrogen and oxygen atoms in total. The van der Waals surface area contributed by atoms with Gasteiger partial charge in [-0.15, -0.1) is 0 Å². The molecule has 0 saturated carbocycles. The number of nitrogens with one attached hydrogen (secondary N) is 1. The second kappa shape index (κ2) is 7.09. The minimum atomic E-state index is 0.116. The molecule has 1 aromatic carbocycles. The van der Waals surface area contributed by atoms with Crippen molar-refractivity contribution in [2.75, 3.05) is 0 Å². The number of benzene rings is 1. The first-order valence-corrected chi connectivity index (χ1v) is 8.21. The summed E-state index contributed by atoms with van der Waals surface area (Å²) < 4.78 is 7.90. The summed E-state index contributed by atoms with van der Waals surface area (Å²) in [6.45, 7) is 11.5. The fraction of sp³-hybridized carbons (Fsp3) is 0.600. The molecule has 0 fully saturated rings. The lowest BCUT2D eigenvalue weighted by molar-refractivity contribution is 0.214. The van der Waals surface area contributed by atoms with Gasteiger partial charge in [-0.2, -0.15) is 0 Å². The van der Waals surface area contributed by atoms with Crippen molar-refractivity contribution in [1.29, 1.82) is 0 Å². The van der Waals surface area contributed by atoms with Crippen molar-refractivity contribution in [3.63, 3.8) is 0 Å². The first kappa shape index (κ1) is 17.0. The van der Waals surface area contributed by atoms with Gasteiger partial charge >= 0.3 is 0 Å². The van der Waals surface area contributed by atoms with Crippen LogP contribution >= 0.6 is 31.9 Å². The van der Waals surface area contributed by atoms with Gasteiger partial charge in [0.15, 0.2) is 0 Å². The SMILES string of the molecule is CCC(C)Oc1c(Br)cc(CNC(C)(C)C)cc1Br. The molecule has 0 saturated heterocycles. The van der Waals surface area contributed by atoms with E-state index < -0.39 is 0 Å². The van der Waals surface area contributed by atoms with E-state index >= 15 is 0 Å². The van der Waals surface area contributed by atoms with Gasteiger partial charge in [0.25, 0.3) is 0 Å². The lowest BCUT2D eigenvalue weighted by Gasteiger charge is -2.21. The summed E-state index contributed by atoms with van der Waals surface area (Å²) in [5.74, 6) is 0.883. The van der Waals surface area contributed by atoms with Gasteiger partial charge < -0.3 is 10.1 Å². The van der Waals surface area contributed by atoms with Crippen LogP contribution in [0, 0.1) is 0 Å². The third-order valence-corrected chi connectivity index (χ3v) is 3.95. The molecule has 0 aromatic heterocycles. The Balaban J connectivity index is 2.84. The first-order chi connectivity index (χ1) is 8.73. The maximum Gasteiger partial charge on any atom is 0.148 e. The van der Waals surface area contributed by atoms with Crippen LogP contribution in [0.25, 0.3) is 0 Å². The van der Waals surface area contributed by atoms with Gasteiger partial charge in [-0.05, 0) is 83.7 Å². The van der Waals surface area contributed by atoms with Gasteiger partial charge in [-0.1, -0.05) is 6.92 Å². The molecule has 0 spiro atoms. The van der Waals surface area contributed by atoms with Gasteiger partial charge in [0.2, 0.25) is 0 Å². The van der Waals surface area contributed by atoms with Crippen LogP contribution in [0.2, 0.25) is 0 Å². The van der Waals surface area contributed by atoms with Gasteiger partial charge in [0.1, 0.15) is 5.75 Å². The maximum absolute atomic E-state index is 5.91. The molecule has 0 aliphatic rings. The van der Waals surface area contributed by atoms with E-state index in [0.29, 0.717) is 0 Å². The zero-order valence-corrected chi connectivity index (χ0v) is 15.5. The highest BCUT2D eigenvalue weighted by Gasteiger charge is 2.13. The van der Waals surface area contributed by atoms with Crippen molar-refractivity contribution in [2.45, 2.75) is 59.2 Å². The maximum atomic E-state index is 5.91. The molecule has 1 atom stereocenters. The Labute approximate surface area is 133 Å².